The van der Waals surface area contributed by atoms with E-state index < -0.39 is 0 Å². The summed E-state index contributed by atoms with van der Waals surface area (Å²) in [5.41, 5.74) is -0.0426. The number of rotatable bonds is 4. The lowest BCUT2D eigenvalue weighted by molar-refractivity contribution is -0.111. The molecule has 0 radical (unpaired) electrons. The molecule has 14 heavy (non-hydrogen) atoms. The van der Waals surface area contributed by atoms with Crippen LogP contribution in [0.4, 0.5) is 0 Å². The van der Waals surface area contributed by atoms with E-state index >= 15 is 0 Å². The fraction of sp³-hybridized carbons (Fsp3) is 0.600. The second-order valence-electron chi connectivity index (χ2n) is 4.29. The zero-order valence-corrected chi connectivity index (χ0v) is 9.60. The Morgan fingerprint density at radius 2 is 2.36 bits per heavy atom. The third-order valence-electron chi connectivity index (χ3n) is 2.03. The molecule has 0 spiro atoms. The van der Waals surface area contributed by atoms with E-state index in [-0.39, 0.29) is 11.5 Å². The van der Waals surface area contributed by atoms with Gasteiger partial charge in [0.1, 0.15) is 11.3 Å². The van der Waals surface area contributed by atoms with Gasteiger partial charge in [0, 0.05) is 18.1 Å². The summed E-state index contributed by atoms with van der Waals surface area (Å²) >= 11 is 1.60. The van der Waals surface area contributed by atoms with Crippen LogP contribution in [0.2, 0.25) is 0 Å². The normalized spacial score (nSPS) is 13.9. The molecule has 1 heterocycles. The van der Waals surface area contributed by atoms with Crippen molar-refractivity contribution < 1.29 is 4.79 Å². The monoisotopic (exact) mass is 212 g/mol. The van der Waals surface area contributed by atoms with Gasteiger partial charge >= 0.3 is 0 Å². The summed E-state index contributed by atoms with van der Waals surface area (Å²) in [6.07, 6.45) is 2.74. The van der Waals surface area contributed by atoms with Gasteiger partial charge in [0.15, 0.2) is 0 Å². The summed E-state index contributed by atoms with van der Waals surface area (Å²) in [4.78, 5) is 15.0. The molecular formula is C10H16N2OS. The van der Waals surface area contributed by atoms with Crippen molar-refractivity contribution in [3.63, 3.8) is 0 Å². The average molecular weight is 212 g/mol. The second kappa shape index (κ2) is 4.66. The highest BCUT2D eigenvalue weighted by Crippen LogP contribution is 2.18. The van der Waals surface area contributed by atoms with E-state index in [0.717, 1.165) is 11.3 Å². The summed E-state index contributed by atoms with van der Waals surface area (Å²) in [5, 5.41) is 6.14. The predicted molar refractivity (Wildman–Crippen MR) is 58.3 cm³/mol. The molecule has 4 heteroatoms. The minimum absolute atomic E-state index is 0.0426. The molecule has 0 saturated carbocycles. The van der Waals surface area contributed by atoms with Gasteiger partial charge in [0.05, 0.1) is 6.04 Å². The first-order chi connectivity index (χ1) is 6.54. The number of nitrogens with one attached hydrogen (secondary N) is 1. The Bertz CT molecular complexity index is 277. The van der Waals surface area contributed by atoms with Crippen LogP contribution in [0.5, 0.6) is 0 Å². The molecule has 0 bridgehead atoms. The van der Waals surface area contributed by atoms with Crippen LogP contribution < -0.4 is 5.32 Å². The number of hydrogen-bond donors (Lipinski definition) is 1. The fourth-order valence-corrected chi connectivity index (χ4v) is 1.66. The van der Waals surface area contributed by atoms with E-state index in [2.05, 4.69) is 10.3 Å². The third kappa shape index (κ3) is 3.20. The van der Waals surface area contributed by atoms with E-state index in [4.69, 9.17) is 0 Å². The minimum atomic E-state index is -0.119. The predicted octanol–water partition coefficient (Wildman–Crippen LogP) is 1.85. The molecule has 1 atom stereocenters. The molecular weight excluding hydrogens is 196 g/mol. The maximum absolute atomic E-state index is 10.8. The van der Waals surface area contributed by atoms with Crippen LogP contribution in [0.3, 0.4) is 0 Å². The van der Waals surface area contributed by atoms with Crippen molar-refractivity contribution in [1.82, 2.24) is 10.3 Å². The minimum Gasteiger partial charge on any atom is -0.302 e. The van der Waals surface area contributed by atoms with Gasteiger partial charge < -0.3 is 10.1 Å². The summed E-state index contributed by atoms with van der Waals surface area (Å²) in [6, 6.07) is -0.119. The maximum atomic E-state index is 10.8. The SMILES string of the molecule is CC(C)(C)C(C=O)NCc1nccs1. The van der Waals surface area contributed by atoms with Crippen LogP contribution in [0.1, 0.15) is 25.8 Å². The van der Waals surface area contributed by atoms with Crippen molar-refractivity contribution in [2.75, 3.05) is 0 Å². The Hall–Kier alpha value is -0.740. The van der Waals surface area contributed by atoms with Crippen LogP contribution in [0.15, 0.2) is 11.6 Å². The maximum Gasteiger partial charge on any atom is 0.137 e. The molecule has 0 aromatic carbocycles. The average Bonchev–Trinajstić information content (AvgIpc) is 2.55. The molecule has 1 aromatic rings. The molecule has 0 aliphatic carbocycles. The van der Waals surface area contributed by atoms with Crippen molar-refractivity contribution in [3.8, 4) is 0 Å². The number of carbonyl (C=O) groups excluding carboxylic acids is 1. The molecule has 0 amide bonds. The van der Waals surface area contributed by atoms with Crippen molar-refractivity contribution in [1.29, 1.82) is 0 Å². The van der Waals surface area contributed by atoms with E-state index in [9.17, 15) is 4.79 Å². The summed E-state index contributed by atoms with van der Waals surface area (Å²) < 4.78 is 0. The highest BCUT2D eigenvalue weighted by Gasteiger charge is 2.23. The van der Waals surface area contributed by atoms with Crippen LogP contribution >= 0.6 is 11.3 Å². The van der Waals surface area contributed by atoms with Gasteiger partial charge in [-0.3, -0.25) is 0 Å². The van der Waals surface area contributed by atoms with Crippen LogP contribution in [-0.4, -0.2) is 17.3 Å². The molecule has 1 N–H and O–H groups in total. The standard InChI is InChI=1S/C10H16N2OS/c1-10(2,3)8(7-13)12-6-9-11-4-5-14-9/h4-5,7-8,12H,6H2,1-3H3. The lowest BCUT2D eigenvalue weighted by Crippen LogP contribution is -2.41. The molecule has 1 aromatic heterocycles. The molecule has 0 fully saturated rings. The number of aromatic nitrogens is 1. The molecule has 78 valence electrons. The van der Waals surface area contributed by atoms with Crippen LogP contribution in [0.25, 0.3) is 0 Å². The van der Waals surface area contributed by atoms with E-state index in [0.29, 0.717) is 6.54 Å². The Labute approximate surface area is 88.6 Å². The van der Waals surface area contributed by atoms with Gasteiger partial charge in [-0.05, 0) is 5.41 Å². The van der Waals surface area contributed by atoms with Gasteiger partial charge in [0.25, 0.3) is 0 Å². The van der Waals surface area contributed by atoms with Gasteiger partial charge in [-0.2, -0.15) is 0 Å². The number of carbonyl (C=O) groups is 1. The zero-order valence-electron chi connectivity index (χ0n) is 8.78. The van der Waals surface area contributed by atoms with Gasteiger partial charge in [0.2, 0.25) is 0 Å². The second-order valence-corrected chi connectivity index (χ2v) is 5.27. The summed E-state index contributed by atoms with van der Waals surface area (Å²) in [5.74, 6) is 0. The van der Waals surface area contributed by atoms with E-state index in [1.54, 1.807) is 17.5 Å². The number of thiazole rings is 1. The van der Waals surface area contributed by atoms with E-state index in [1.807, 2.05) is 26.2 Å². The van der Waals surface area contributed by atoms with Crippen molar-refractivity contribution in [2.24, 2.45) is 5.41 Å². The largest absolute Gasteiger partial charge is 0.302 e. The quantitative estimate of drug-likeness (QED) is 0.774. The number of hydrogen-bond acceptors (Lipinski definition) is 4. The smallest absolute Gasteiger partial charge is 0.137 e. The Morgan fingerprint density at radius 1 is 1.64 bits per heavy atom. The van der Waals surface area contributed by atoms with Gasteiger partial charge in [-0.1, -0.05) is 20.8 Å². The van der Waals surface area contributed by atoms with Crippen LogP contribution in [-0.2, 0) is 11.3 Å². The van der Waals surface area contributed by atoms with Gasteiger partial charge in [-0.15, -0.1) is 11.3 Å². The van der Waals surface area contributed by atoms with Gasteiger partial charge in [-0.25, -0.2) is 4.98 Å². The highest BCUT2D eigenvalue weighted by molar-refractivity contribution is 7.09. The molecule has 1 unspecified atom stereocenters. The first kappa shape index (κ1) is 11.3. The first-order valence-electron chi connectivity index (χ1n) is 4.61. The number of nitrogens with zero attached hydrogens (tertiary/aromatic N) is 1. The number of aldehydes is 1. The zero-order chi connectivity index (χ0) is 10.6. The van der Waals surface area contributed by atoms with Crippen molar-refractivity contribution in [2.45, 2.75) is 33.4 Å². The Morgan fingerprint density at radius 3 is 2.79 bits per heavy atom. The molecule has 0 aliphatic rings. The lowest BCUT2D eigenvalue weighted by Gasteiger charge is -2.26. The van der Waals surface area contributed by atoms with Crippen LogP contribution in [0, 0.1) is 5.41 Å². The highest BCUT2D eigenvalue weighted by atomic mass is 32.1. The van der Waals surface area contributed by atoms with Crippen molar-refractivity contribution >= 4 is 17.6 Å². The fourth-order valence-electron chi connectivity index (χ4n) is 1.10. The Kier molecular flexibility index (Phi) is 3.77. The molecule has 3 nitrogen and oxygen atoms in total. The first-order valence-corrected chi connectivity index (χ1v) is 5.49. The molecule has 0 aliphatic heterocycles. The third-order valence-corrected chi connectivity index (χ3v) is 2.81. The molecule has 0 saturated heterocycles. The summed E-state index contributed by atoms with van der Waals surface area (Å²) in [7, 11) is 0. The van der Waals surface area contributed by atoms with E-state index in [1.165, 1.54) is 0 Å². The molecule has 1 rings (SSSR count). The summed E-state index contributed by atoms with van der Waals surface area (Å²) in [6.45, 7) is 6.79. The lowest BCUT2D eigenvalue weighted by atomic mass is 9.88. The topological polar surface area (TPSA) is 42.0 Å². The Balaban J connectivity index is 2.47. The van der Waals surface area contributed by atoms with Crippen molar-refractivity contribution in [3.05, 3.63) is 16.6 Å².